The topological polar surface area (TPSA) is 81.7 Å². The molecule has 0 amide bonds. The number of carbonyl (C=O) groups excluding carboxylic acids is 1. The van der Waals surface area contributed by atoms with Gasteiger partial charge in [-0.3, -0.25) is 4.79 Å². The summed E-state index contributed by atoms with van der Waals surface area (Å²) in [6.07, 6.45) is 8.21. The van der Waals surface area contributed by atoms with Crippen LogP contribution in [-0.2, 0) is 9.47 Å². The second kappa shape index (κ2) is 12.6. The third kappa shape index (κ3) is 6.50. The molecule has 2 fully saturated rings. The molecule has 0 N–H and O–H groups in total. The molecular formula is C28H34O8. The summed E-state index contributed by atoms with van der Waals surface area (Å²) in [6, 6.07) is 8.82. The summed E-state index contributed by atoms with van der Waals surface area (Å²) in [5, 5.41) is 0. The third-order valence-electron chi connectivity index (χ3n) is 6.13. The number of methoxy groups -OCH3 is 3. The van der Waals surface area contributed by atoms with Gasteiger partial charge < -0.3 is 33.2 Å². The van der Waals surface area contributed by atoms with Crippen molar-refractivity contribution in [1.29, 1.82) is 0 Å². The van der Waals surface area contributed by atoms with Gasteiger partial charge in [0.25, 0.3) is 0 Å². The van der Waals surface area contributed by atoms with Crippen LogP contribution >= 0.6 is 0 Å². The zero-order valence-electron chi connectivity index (χ0n) is 21.1. The first-order chi connectivity index (χ1) is 17.6. The molecule has 4 rings (SSSR count). The molecule has 2 heterocycles. The standard InChI is InChI=1S/C28H34O8/c1-30-24-16-19(17-25(31-2)28(24)32-3)10-12-22(29)21-18-20(35-26-8-4-6-14-33-26)11-13-23(21)36-27-9-5-7-15-34-27/h10-13,16-18,26-27H,4-9,14-15H2,1-3H3/b12-10+. The van der Waals surface area contributed by atoms with Gasteiger partial charge in [-0.25, -0.2) is 0 Å². The second-order valence-corrected chi connectivity index (χ2v) is 8.64. The lowest BCUT2D eigenvalue weighted by atomic mass is 10.1. The predicted octanol–water partition coefficient (Wildman–Crippen LogP) is 5.42. The van der Waals surface area contributed by atoms with Crippen LogP contribution in [0.3, 0.4) is 0 Å². The average Bonchev–Trinajstić information content (AvgIpc) is 2.93. The lowest BCUT2D eigenvalue weighted by Crippen LogP contribution is -2.26. The highest BCUT2D eigenvalue weighted by atomic mass is 16.7. The van der Waals surface area contributed by atoms with Gasteiger partial charge in [-0.15, -0.1) is 0 Å². The molecule has 2 aliphatic heterocycles. The van der Waals surface area contributed by atoms with E-state index < -0.39 is 0 Å². The fraction of sp³-hybridized carbons (Fsp3) is 0.464. The van der Waals surface area contributed by atoms with Crippen molar-refractivity contribution in [3.8, 4) is 28.7 Å². The summed E-state index contributed by atoms with van der Waals surface area (Å²) in [5.41, 5.74) is 1.11. The van der Waals surface area contributed by atoms with Crippen molar-refractivity contribution < 1.29 is 38.0 Å². The number of hydrogen-bond acceptors (Lipinski definition) is 8. The average molecular weight is 499 g/mol. The normalized spacial score (nSPS) is 20.1. The van der Waals surface area contributed by atoms with E-state index in [1.54, 1.807) is 57.7 Å². The van der Waals surface area contributed by atoms with E-state index in [0.29, 0.717) is 47.5 Å². The van der Waals surface area contributed by atoms with Crippen molar-refractivity contribution >= 4 is 11.9 Å². The maximum atomic E-state index is 13.4. The summed E-state index contributed by atoms with van der Waals surface area (Å²) in [5.74, 6) is 2.28. The van der Waals surface area contributed by atoms with Gasteiger partial charge in [0.2, 0.25) is 5.75 Å². The summed E-state index contributed by atoms with van der Waals surface area (Å²) in [6.45, 7) is 1.32. The SMILES string of the molecule is COc1cc(/C=C/C(=O)c2cc(OC3CCCCO3)ccc2OC2CCCCO2)cc(OC)c1OC. The van der Waals surface area contributed by atoms with Gasteiger partial charge in [-0.2, -0.15) is 0 Å². The molecular weight excluding hydrogens is 464 g/mol. The molecule has 194 valence electrons. The van der Waals surface area contributed by atoms with E-state index in [4.69, 9.17) is 33.2 Å². The minimum Gasteiger partial charge on any atom is -0.493 e. The Bertz CT molecular complexity index is 1030. The van der Waals surface area contributed by atoms with Gasteiger partial charge in [0.05, 0.1) is 40.1 Å². The van der Waals surface area contributed by atoms with Crippen molar-refractivity contribution in [2.75, 3.05) is 34.5 Å². The highest BCUT2D eigenvalue weighted by molar-refractivity contribution is 6.09. The molecule has 2 unspecified atom stereocenters. The first-order valence-electron chi connectivity index (χ1n) is 12.3. The number of benzene rings is 2. The minimum atomic E-state index is -0.377. The molecule has 2 saturated heterocycles. The van der Waals surface area contributed by atoms with Gasteiger partial charge in [0.1, 0.15) is 11.5 Å². The molecule has 36 heavy (non-hydrogen) atoms. The quantitative estimate of drug-likeness (QED) is 0.317. The van der Waals surface area contributed by atoms with Gasteiger partial charge >= 0.3 is 0 Å². The molecule has 8 heteroatoms. The minimum absolute atomic E-state index is 0.232. The number of hydrogen-bond donors (Lipinski definition) is 0. The first kappa shape index (κ1) is 25.9. The van der Waals surface area contributed by atoms with E-state index in [1.807, 2.05) is 0 Å². The summed E-state index contributed by atoms with van der Waals surface area (Å²) >= 11 is 0. The molecule has 0 spiro atoms. The van der Waals surface area contributed by atoms with Gasteiger partial charge in [0, 0.05) is 12.8 Å². The van der Waals surface area contributed by atoms with Crippen LogP contribution in [0.15, 0.2) is 36.4 Å². The van der Waals surface area contributed by atoms with Crippen LogP contribution in [0, 0.1) is 0 Å². The van der Waals surface area contributed by atoms with Crippen LogP contribution in [0.25, 0.3) is 6.08 Å². The molecule has 2 aliphatic rings. The molecule has 0 aromatic heterocycles. The van der Waals surface area contributed by atoms with Crippen molar-refractivity contribution in [2.45, 2.75) is 51.1 Å². The Morgan fingerprint density at radius 1 is 0.806 bits per heavy atom. The van der Waals surface area contributed by atoms with Crippen molar-refractivity contribution in [3.05, 3.63) is 47.5 Å². The number of ketones is 1. The van der Waals surface area contributed by atoms with Crippen LogP contribution in [0.5, 0.6) is 28.7 Å². The fourth-order valence-electron chi connectivity index (χ4n) is 4.24. The number of allylic oxidation sites excluding steroid dienone is 1. The van der Waals surface area contributed by atoms with Gasteiger partial charge in [0.15, 0.2) is 29.9 Å². The molecule has 2 atom stereocenters. The van der Waals surface area contributed by atoms with E-state index in [9.17, 15) is 4.79 Å². The molecule has 0 saturated carbocycles. The van der Waals surface area contributed by atoms with Crippen molar-refractivity contribution in [2.24, 2.45) is 0 Å². The Morgan fingerprint density at radius 3 is 2.00 bits per heavy atom. The van der Waals surface area contributed by atoms with Crippen molar-refractivity contribution in [1.82, 2.24) is 0 Å². The maximum absolute atomic E-state index is 13.4. The molecule has 0 bridgehead atoms. The lowest BCUT2D eigenvalue weighted by molar-refractivity contribution is -0.107. The van der Waals surface area contributed by atoms with Crippen LogP contribution in [-0.4, -0.2) is 52.9 Å². The van der Waals surface area contributed by atoms with E-state index in [1.165, 1.54) is 6.08 Å². The Hall–Kier alpha value is -3.23. The zero-order chi connectivity index (χ0) is 25.3. The van der Waals surface area contributed by atoms with Gasteiger partial charge in [-0.05, 0) is 67.7 Å². The number of carbonyl (C=O) groups is 1. The third-order valence-corrected chi connectivity index (χ3v) is 6.13. The largest absolute Gasteiger partial charge is 0.493 e. The molecule has 0 aliphatic carbocycles. The molecule has 2 aromatic rings. The van der Waals surface area contributed by atoms with Crippen LogP contribution in [0.1, 0.15) is 54.4 Å². The Kier molecular flexibility index (Phi) is 9.08. The second-order valence-electron chi connectivity index (χ2n) is 8.64. The lowest BCUT2D eigenvalue weighted by Gasteiger charge is -2.25. The first-order valence-corrected chi connectivity index (χ1v) is 12.3. The highest BCUT2D eigenvalue weighted by Gasteiger charge is 2.21. The Balaban J connectivity index is 1.59. The highest BCUT2D eigenvalue weighted by Crippen LogP contribution is 2.38. The predicted molar refractivity (Wildman–Crippen MR) is 134 cm³/mol. The summed E-state index contributed by atoms with van der Waals surface area (Å²) in [4.78, 5) is 13.4. The van der Waals surface area contributed by atoms with Crippen LogP contribution in [0.2, 0.25) is 0 Å². The van der Waals surface area contributed by atoms with E-state index in [-0.39, 0.29) is 18.4 Å². The van der Waals surface area contributed by atoms with E-state index in [0.717, 1.165) is 44.1 Å². The number of ether oxygens (including phenoxy) is 7. The van der Waals surface area contributed by atoms with Gasteiger partial charge in [-0.1, -0.05) is 6.08 Å². The van der Waals surface area contributed by atoms with E-state index >= 15 is 0 Å². The molecule has 2 aromatic carbocycles. The van der Waals surface area contributed by atoms with E-state index in [2.05, 4.69) is 0 Å². The molecule has 8 nitrogen and oxygen atoms in total. The monoisotopic (exact) mass is 498 g/mol. The zero-order valence-corrected chi connectivity index (χ0v) is 21.1. The maximum Gasteiger partial charge on any atom is 0.203 e. The van der Waals surface area contributed by atoms with Crippen LogP contribution < -0.4 is 23.7 Å². The summed E-state index contributed by atoms with van der Waals surface area (Å²) in [7, 11) is 4.65. The molecule has 0 radical (unpaired) electrons. The summed E-state index contributed by atoms with van der Waals surface area (Å²) < 4.78 is 39.7. The Morgan fingerprint density at radius 2 is 1.44 bits per heavy atom. The smallest absolute Gasteiger partial charge is 0.203 e. The fourth-order valence-corrected chi connectivity index (χ4v) is 4.24. The van der Waals surface area contributed by atoms with Crippen LogP contribution in [0.4, 0.5) is 0 Å². The van der Waals surface area contributed by atoms with Crippen molar-refractivity contribution in [3.63, 3.8) is 0 Å². The number of rotatable bonds is 10. The Labute approximate surface area is 212 Å².